The van der Waals surface area contributed by atoms with Crippen LogP contribution in [0, 0.1) is 19.7 Å². The molecule has 9 heteroatoms. The second-order valence-electron chi connectivity index (χ2n) is 7.75. The van der Waals surface area contributed by atoms with Gasteiger partial charge >= 0.3 is 0 Å². The fraction of sp³-hybridized carbons (Fsp3) is 0.391. The number of carbonyl (C=O) groups excluding carboxylic acids is 2. The van der Waals surface area contributed by atoms with Crippen molar-refractivity contribution >= 4 is 27.5 Å². The lowest BCUT2D eigenvalue weighted by Gasteiger charge is -2.33. The third kappa shape index (κ3) is 6.29. The lowest BCUT2D eigenvalue weighted by molar-refractivity contribution is -0.140. The van der Waals surface area contributed by atoms with Gasteiger partial charge in [-0.1, -0.05) is 31.2 Å². The predicted molar refractivity (Wildman–Crippen MR) is 123 cm³/mol. The molecule has 0 bridgehead atoms. The molecule has 2 amide bonds. The highest BCUT2D eigenvalue weighted by atomic mass is 32.2. The molecule has 2 aromatic carbocycles. The van der Waals surface area contributed by atoms with Gasteiger partial charge in [0, 0.05) is 13.6 Å². The minimum absolute atomic E-state index is 0.0371. The van der Waals surface area contributed by atoms with Crippen molar-refractivity contribution in [1.29, 1.82) is 0 Å². The molecule has 174 valence electrons. The molecular formula is C23H30FN3O4S. The summed E-state index contributed by atoms with van der Waals surface area (Å²) in [5, 5.41) is 2.55. The number of hydrogen-bond acceptors (Lipinski definition) is 4. The zero-order valence-corrected chi connectivity index (χ0v) is 19.9. The van der Waals surface area contributed by atoms with Gasteiger partial charge in [-0.2, -0.15) is 0 Å². The van der Waals surface area contributed by atoms with Crippen LogP contribution in [0.3, 0.4) is 0 Å². The molecule has 7 nitrogen and oxygen atoms in total. The Morgan fingerprint density at radius 2 is 1.72 bits per heavy atom. The minimum Gasteiger partial charge on any atom is -0.357 e. The van der Waals surface area contributed by atoms with Crippen LogP contribution in [0.2, 0.25) is 0 Å². The molecule has 0 aromatic heterocycles. The van der Waals surface area contributed by atoms with Crippen molar-refractivity contribution in [3.8, 4) is 0 Å². The van der Waals surface area contributed by atoms with E-state index in [1.807, 2.05) is 13.0 Å². The van der Waals surface area contributed by atoms with Crippen molar-refractivity contribution < 1.29 is 22.4 Å². The number of anilines is 1. The van der Waals surface area contributed by atoms with Gasteiger partial charge in [0.05, 0.1) is 11.9 Å². The summed E-state index contributed by atoms with van der Waals surface area (Å²) in [5.41, 5.74) is 2.60. The Hall–Kier alpha value is -2.94. The van der Waals surface area contributed by atoms with Crippen molar-refractivity contribution in [1.82, 2.24) is 10.2 Å². The Balaban J connectivity index is 2.46. The van der Waals surface area contributed by atoms with Gasteiger partial charge < -0.3 is 10.2 Å². The van der Waals surface area contributed by atoms with E-state index in [0.29, 0.717) is 23.2 Å². The van der Waals surface area contributed by atoms with E-state index >= 15 is 0 Å². The van der Waals surface area contributed by atoms with Gasteiger partial charge in [-0.3, -0.25) is 13.9 Å². The molecule has 0 heterocycles. The number of halogens is 1. The summed E-state index contributed by atoms with van der Waals surface area (Å²) in [6.07, 6.45) is 1.37. The number of likely N-dealkylation sites (N-methyl/N-ethyl adjacent to an activating group) is 1. The van der Waals surface area contributed by atoms with Crippen molar-refractivity contribution in [3.05, 3.63) is 65.0 Å². The van der Waals surface area contributed by atoms with Gasteiger partial charge in [0.2, 0.25) is 21.8 Å². The fourth-order valence-corrected chi connectivity index (χ4v) is 4.35. The Morgan fingerprint density at radius 1 is 1.09 bits per heavy atom. The van der Waals surface area contributed by atoms with E-state index in [0.717, 1.165) is 16.1 Å². The Kier molecular flexibility index (Phi) is 8.38. The first kappa shape index (κ1) is 25.3. The average Bonchev–Trinajstić information content (AvgIpc) is 2.73. The van der Waals surface area contributed by atoms with Crippen molar-refractivity contribution in [2.45, 2.75) is 39.8 Å². The Labute approximate surface area is 189 Å². The van der Waals surface area contributed by atoms with Crippen LogP contribution in [-0.2, 0) is 26.2 Å². The van der Waals surface area contributed by atoms with Crippen LogP contribution >= 0.6 is 0 Å². The SMILES string of the molecule is CC[C@H](C(=O)NC)N(Cc1ccc(F)cc1)C(=O)CN(c1cc(C)ccc1C)S(C)(=O)=O. The number of sulfonamides is 1. The topological polar surface area (TPSA) is 86.8 Å². The van der Waals surface area contributed by atoms with E-state index in [9.17, 15) is 22.4 Å². The third-order valence-corrected chi connectivity index (χ3v) is 6.34. The largest absolute Gasteiger partial charge is 0.357 e. The lowest BCUT2D eigenvalue weighted by atomic mass is 10.1. The standard InChI is InChI=1S/C23H30FN3O4S/c1-6-20(23(29)25-4)26(14-18-9-11-19(24)12-10-18)22(28)15-27(32(5,30)31)21-13-16(2)7-8-17(21)3/h7-13,20H,6,14-15H2,1-5H3,(H,25,29)/t20-/m1/s1. The lowest BCUT2D eigenvalue weighted by Crippen LogP contribution is -2.51. The molecule has 1 N–H and O–H groups in total. The summed E-state index contributed by atoms with van der Waals surface area (Å²) in [6, 6.07) is 10.2. The number of nitrogens with zero attached hydrogens (tertiary/aromatic N) is 2. The van der Waals surface area contributed by atoms with Crippen LogP contribution in [0.5, 0.6) is 0 Å². The van der Waals surface area contributed by atoms with Gasteiger partial charge in [0.25, 0.3) is 0 Å². The van der Waals surface area contributed by atoms with Gasteiger partial charge in [0.1, 0.15) is 18.4 Å². The number of aryl methyl sites for hydroxylation is 2. The van der Waals surface area contributed by atoms with Crippen LogP contribution < -0.4 is 9.62 Å². The molecule has 0 spiro atoms. The van der Waals surface area contributed by atoms with Gasteiger partial charge in [-0.25, -0.2) is 12.8 Å². The molecule has 2 aromatic rings. The number of hydrogen-bond donors (Lipinski definition) is 1. The molecule has 0 fully saturated rings. The molecule has 0 saturated carbocycles. The van der Waals surface area contributed by atoms with Crippen molar-refractivity contribution in [2.24, 2.45) is 0 Å². The average molecular weight is 464 g/mol. The molecule has 0 aliphatic rings. The molecular weight excluding hydrogens is 433 g/mol. The highest BCUT2D eigenvalue weighted by molar-refractivity contribution is 7.92. The molecule has 1 atom stereocenters. The van der Waals surface area contributed by atoms with Crippen molar-refractivity contribution in [3.63, 3.8) is 0 Å². The van der Waals surface area contributed by atoms with E-state index in [1.54, 1.807) is 26.0 Å². The Morgan fingerprint density at radius 3 is 2.25 bits per heavy atom. The second-order valence-corrected chi connectivity index (χ2v) is 9.65. The maximum atomic E-state index is 13.4. The van der Waals surface area contributed by atoms with E-state index in [4.69, 9.17) is 0 Å². The van der Waals surface area contributed by atoms with Crippen LogP contribution in [0.25, 0.3) is 0 Å². The number of nitrogens with one attached hydrogen (secondary N) is 1. The first-order valence-corrected chi connectivity index (χ1v) is 12.1. The third-order valence-electron chi connectivity index (χ3n) is 5.21. The molecule has 0 aliphatic carbocycles. The molecule has 0 aliphatic heterocycles. The summed E-state index contributed by atoms with van der Waals surface area (Å²) in [6.45, 7) is 4.95. The fourth-order valence-electron chi connectivity index (χ4n) is 3.46. The van der Waals surface area contributed by atoms with Crippen LogP contribution in [0.15, 0.2) is 42.5 Å². The smallest absolute Gasteiger partial charge is 0.244 e. The number of rotatable bonds is 9. The van der Waals surface area contributed by atoms with Crippen LogP contribution in [0.4, 0.5) is 10.1 Å². The first-order valence-electron chi connectivity index (χ1n) is 10.3. The Bertz CT molecular complexity index is 1070. The number of carbonyl (C=O) groups is 2. The van der Waals surface area contributed by atoms with E-state index in [-0.39, 0.29) is 12.5 Å². The normalized spacial score (nSPS) is 12.2. The van der Waals surface area contributed by atoms with E-state index in [2.05, 4.69) is 5.32 Å². The monoisotopic (exact) mass is 463 g/mol. The van der Waals surface area contributed by atoms with Gasteiger partial charge in [0.15, 0.2) is 0 Å². The second kappa shape index (κ2) is 10.6. The minimum atomic E-state index is -3.79. The summed E-state index contributed by atoms with van der Waals surface area (Å²) in [4.78, 5) is 27.3. The van der Waals surface area contributed by atoms with E-state index in [1.165, 1.54) is 36.2 Å². The molecule has 0 unspecified atom stereocenters. The summed E-state index contributed by atoms with van der Waals surface area (Å²) in [7, 11) is -2.31. The molecule has 0 radical (unpaired) electrons. The number of amides is 2. The first-order chi connectivity index (χ1) is 15.0. The van der Waals surface area contributed by atoms with Crippen LogP contribution in [0.1, 0.15) is 30.0 Å². The molecule has 2 rings (SSSR count). The number of benzene rings is 2. The maximum absolute atomic E-state index is 13.4. The molecule has 0 saturated heterocycles. The van der Waals surface area contributed by atoms with Gasteiger partial charge in [-0.15, -0.1) is 0 Å². The summed E-state index contributed by atoms with van der Waals surface area (Å²) < 4.78 is 39.6. The zero-order chi connectivity index (χ0) is 24.1. The highest BCUT2D eigenvalue weighted by Crippen LogP contribution is 2.25. The quantitative estimate of drug-likeness (QED) is 0.620. The van der Waals surface area contributed by atoms with E-state index < -0.39 is 34.3 Å². The van der Waals surface area contributed by atoms with Crippen molar-refractivity contribution in [2.75, 3.05) is 24.2 Å². The maximum Gasteiger partial charge on any atom is 0.244 e. The zero-order valence-electron chi connectivity index (χ0n) is 19.1. The highest BCUT2D eigenvalue weighted by Gasteiger charge is 2.31. The van der Waals surface area contributed by atoms with Gasteiger partial charge in [-0.05, 0) is 55.2 Å². The summed E-state index contributed by atoms with van der Waals surface area (Å²) in [5.74, 6) is -1.31. The predicted octanol–water partition coefficient (Wildman–Crippen LogP) is 2.76. The molecule has 32 heavy (non-hydrogen) atoms. The summed E-state index contributed by atoms with van der Waals surface area (Å²) >= 11 is 0. The van der Waals surface area contributed by atoms with Crippen LogP contribution in [-0.4, -0.2) is 51.0 Å².